The van der Waals surface area contributed by atoms with Crippen molar-refractivity contribution >= 4 is 11.9 Å². The normalized spacial score (nSPS) is 31.5. The number of aliphatic hydroxyl groups excluding tert-OH is 8. The molecule has 0 aliphatic carbocycles. The second-order valence-corrected chi connectivity index (χ2v) is 15.7. The average molecular weight is 763 g/mol. The molecule has 13 heteroatoms. The molecule has 2 heterocycles. The van der Waals surface area contributed by atoms with Crippen molar-refractivity contribution in [3.8, 4) is 0 Å². The van der Waals surface area contributed by atoms with Crippen LogP contribution in [0.4, 0.5) is 0 Å². The molecule has 53 heavy (non-hydrogen) atoms. The molecule has 2 rings (SSSR count). The fraction of sp³-hybridized carbons (Fsp3) is 0.950. The first kappa shape index (κ1) is 47.9. The van der Waals surface area contributed by atoms with E-state index in [1.54, 1.807) is 0 Å². The number of esters is 2. The van der Waals surface area contributed by atoms with E-state index >= 15 is 0 Å². The number of rotatable bonds is 26. The number of hydrogen-bond acceptors (Lipinski definition) is 13. The van der Waals surface area contributed by atoms with Gasteiger partial charge in [-0.15, -0.1) is 0 Å². The third-order valence-corrected chi connectivity index (χ3v) is 11.3. The van der Waals surface area contributed by atoms with Gasteiger partial charge in [-0.3, -0.25) is 9.59 Å². The maximum absolute atomic E-state index is 13.9. The number of carbonyl (C=O) groups is 2. The third-order valence-electron chi connectivity index (χ3n) is 11.3. The Labute approximate surface area is 317 Å². The van der Waals surface area contributed by atoms with Gasteiger partial charge in [-0.05, 0) is 26.7 Å². The minimum atomic E-state index is -1.80. The molecule has 2 aliphatic rings. The number of ether oxygens (including phenoxy) is 3. The lowest BCUT2D eigenvalue weighted by atomic mass is 9.82. The highest BCUT2D eigenvalue weighted by Gasteiger charge is 2.53. The molecule has 4 unspecified atom stereocenters. The first-order valence-electron chi connectivity index (χ1n) is 20.8. The van der Waals surface area contributed by atoms with Crippen LogP contribution in [0.5, 0.6) is 0 Å². The van der Waals surface area contributed by atoms with E-state index < -0.39 is 97.0 Å². The van der Waals surface area contributed by atoms with Crippen LogP contribution in [0, 0.1) is 11.8 Å². The average Bonchev–Trinajstić information content (AvgIpc) is 3.12. The van der Waals surface area contributed by atoms with E-state index in [0.29, 0.717) is 12.8 Å². The molecule has 2 aliphatic heterocycles. The second kappa shape index (κ2) is 25.8. The summed E-state index contributed by atoms with van der Waals surface area (Å²) in [6.07, 6.45) is 0.386. The van der Waals surface area contributed by atoms with Gasteiger partial charge in [-0.1, -0.05) is 129 Å². The first-order valence-corrected chi connectivity index (χ1v) is 20.8. The summed E-state index contributed by atoms with van der Waals surface area (Å²) in [5.41, 5.74) is 0. The molecule has 0 aromatic heterocycles. The number of carbonyl (C=O) groups excluding carboxylic acids is 2. The summed E-state index contributed by atoms with van der Waals surface area (Å²) in [7, 11) is 0. The van der Waals surface area contributed by atoms with Crippen LogP contribution in [0.3, 0.4) is 0 Å². The largest absolute Gasteiger partial charge is 0.392 e. The molecular weight excluding hydrogens is 688 g/mol. The van der Waals surface area contributed by atoms with Gasteiger partial charge in [0, 0.05) is 0 Å². The van der Waals surface area contributed by atoms with Gasteiger partial charge < -0.3 is 55.1 Å². The third kappa shape index (κ3) is 15.3. The summed E-state index contributed by atoms with van der Waals surface area (Å²) in [6, 6.07) is 0. The van der Waals surface area contributed by atoms with Crippen molar-refractivity contribution in [2.24, 2.45) is 11.8 Å². The van der Waals surface area contributed by atoms with Crippen LogP contribution >= 0.6 is 0 Å². The number of hydrogen-bond donors (Lipinski definition) is 8. The highest BCUT2D eigenvalue weighted by Crippen LogP contribution is 2.33. The van der Waals surface area contributed by atoms with Crippen molar-refractivity contribution in [1.29, 1.82) is 0 Å². The van der Waals surface area contributed by atoms with Gasteiger partial charge in [0.1, 0.15) is 60.7 Å². The monoisotopic (exact) mass is 763 g/mol. The quantitative estimate of drug-likeness (QED) is 0.0359. The maximum atomic E-state index is 13.9. The standard InChI is InChI=1S/C40H74O13/c1-5-7-9-11-13-15-17-19-21-23-27(41)29(37-35(47)33(45)31(43)25(3)51-37)39(49)53-40(50)30(38-36(48)34(46)32(44)26(4)52-38)28(42)24-22-20-18-16-14-12-10-8-6-2/h25-38,41-48H,5-24H2,1-4H3/t25-,26-,27?,28?,29?,30?,31-,32-,33+,34+,35+,36+,37-,38-/m0/s1. The van der Waals surface area contributed by atoms with Crippen molar-refractivity contribution in [2.75, 3.05) is 0 Å². The molecule has 0 radical (unpaired) electrons. The summed E-state index contributed by atoms with van der Waals surface area (Å²) in [4.78, 5) is 27.8. The summed E-state index contributed by atoms with van der Waals surface area (Å²) in [5.74, 6) is -5.88. The van der Waals surface area contributed by atoms with Crippen LogP contribution in [0.2, 0.25) is 0 Å². The van der Waals surface area contributed by atoms with Gasteiger partial charge in [0.2, 0.25) is 0 Å². The summed E-state index contributed by atoms with van der Waals surface area (Å²) < 4.78 is 16.8. The van der Waals surface area contributed by atoms with Crippen LogP contribution in [0.25, 0.3) is 0 Å². The van der Waals surface area contributed by atoms with Crippen LogP contribution in [-0.4, -0.2) is 126 Å². The van der Waals surface area contributed by atoms with Gasteiger partial charge >= 0.3 is 11.9 Å². The second-order valence-electron chi connectivity index (χ2n) is 15.7. The molecule has 8 N–H and O–H groups in total. The zero-order chi connectivity index (χ0) is 39.5. The van der Waals surface area contributed by atoms with E-state index in [1.807, 2.05) is 0 Å². The Hall–Kier alpha value is -1.26. The maximum Gasteiger partial charge on any atom is 0.322 e. The van der Waals surface area contributed by atoms with E-state index in [1.165, 1.54) is 52.4 Å². The van der Waals surface area contributed by atoms with Crippen molar-refractivity contribution in [3.63, 3.8) is 0 Å². The van der Waals surface area contributed by atoms with E-state index in [9.17, 15) is 50.4 Å². The predicted octanol–water partition coefficient (Wildman–Crippen LogP) is 3.59. The summed E-state index contributed by atoms with van der Waals surface area (Å²) in [5, 5.41) is 86.2. The van der Waals surface area contributed by atoms with Gasteiger partial charge in [0.25, 0.3) is 0 Å². The summed E-state index contributed by atoms with van der Waals surface area (Å²) >= 11 is 0. The topological polar surface area (TPSA) is 224 Å². The van der Waals surface area contributed by atoms with E-state index in [4.69, 9.17) is 14.2 Å². The first-order chi connectivity index (χ1) is 25.3. The highest BCUT2D eigenvalue weighted by molar-refractivity contribution is 5.89. The Balaban J connectivity index is 2.20. The Morgan fingerprint density at radius 2 is 0.755 bits per heavy atom. The Morgan fingerprint density at radius 1 is 0.472 bits per heavy atom. The molecule has 0 saturated carbocycles. The molecule has 0 aromatic rings. The molecule has 312 valence electrons. The van der Waals surface area contributed by atoms with Gasteiger partial charge in [0.05, 0.1) is 24.4 Å². The molecule has 14 atom stereocenters. The zero-order valence-electron chi connectivity index (χ0n) is 32.8. The molecular formula is C40H74O13. The van der Waals surface area contributed by atoms with Crippen molar-refractivity contribution in [3.05, 3.63) is 0 Å². The lowest BCUT2D eigenvalue weighted by molar-refractivity contribution is -0.244. The minimum absolute atomic E-state index is 0.0973. The number of unbranched alkanes of at least 4 members (excludes halogenated alkanes) is 16. The molecule has 2 saturated heterocycles. The van der Waals surface area contributed by atoms with Gasteiger partial charge in [0.15, 0.2) is 0 Å². The summed E-state index contributed by atoms with van der Waals surface area (Å²) in [6.45, 7) is 7.21. The van der Waals surface area contributed by atoms with E-state index in [2.05, 4.69) is 13.8 Å². The molecule has 0 amide bonds. The number of aliphatic hydroxyl groups is 8. The zero-order valence-corrected chi connectivity index (χ0v) is 32.8. The van der Waals surface area contributed by atoms with Gasteiger partial charge in [-0.25, -0.2) is 0 Å². The highest BCUT2D eigenvalue weighted by atomic mass is 16.6. The minimum Gasteiger partial charge on any atom is -0.392 e. The fourth-order valence-corrected chi connectivity index (χ4v) is 7.70. The molecule has 13 nitrogen and oxygen atoms in total. The smallest absolute Gasteiger partial charge is 0.322 e. The van der Waals surface area contributed by atoms with Crippen LogP contribution < -0.4 is 0 Å². The van der Waals surface area contributed by atoms with E-state index in [0.717, 1.165) is 64.2 Å². The predicted molar refractivity (Wildman–Crippen MR) is 198 cm³/mol. The van der Waals surface area contributed by atoms with Crippen molar-refractivity contribution < 1.29 is 64.7 Å². The molecule has 0 bridgehead atoms. The molecule has 2 fully saturated rings. The molecule has 0 aromatic carbocycles. The Kier molecular flexibility index (Phi) is 23.3. The van der Waals surface area contributed by atoms with Gasteiger partial charge in [-0.2, -0.15) is 0 Å². The lowest BCUT2D eigenvalue weighted by Crippen LogP contribution is -2.62. The van der Waals surface area contributed by atoms with Crippen molar-refractivity contribution in [2.45, 2.75) is 229 Å². The van der Waals surface area contributed by atoms with E-state index in [-0.39, 0.29) is 12.8 Å². The molecule has 0 spiro atoms. The SMILES string of the molecule is CCCCCCCCCCCC(O)C(C(=O)OC(=O)C(C(O)CCCCCCCCCCC)[C@@H]1O[C@@H](C)[C@H](O)[C@@H](O)[C@H]1O)[C@@H]1O[C@@H](C)[C@H](O)[C@@H](O)[C@H]1O. The van der Waals surface area contributed by atoms with Crippen LogP contribution in [-0.2, 0) is 23.8 Å². The van der Waals surface area contributed by atoms with Crippen LogP contribution in [0.1, 0.15) is 156 Å². The van der Waals surface area contributed by atoms with Crippen LogP contribution in [0.15, 0.2) is 0 Å². The fourth-order valence-electron chi connectivity index (χ4n) is 7.70. The van der Waals surface area contributed by atoms with Crippen molar-refractivity contribution in [1.82, 2.24) is 0 Å². The lowest BCUT2D eigenvalue weighted by Gasteiger charge is -2.43. The Bertz CT molecular complexity index is 924. The Morgan fingerprint density at radius 3 is 1.06 bits per heavy atom.